The predicted octanol–water partition coefficient (Wildman–Crippen LogP) is 1.45. The fourth-order valence-corrected chi connectivity index (χ4v) is 2.51. The van der Waals surface area contributed by atoms with Gasteiger partial charge in [-0.15, -0.1) is 0 Å². The Morgan fingerprint density at radius 1 is 1.21 bits per heavy atom. The number of esters is 1. The van der Waals surface area contributed by atoms with Crippen LogP contribution in [0.25, 0.3) is 0 Å². The quantitative estimate of drug-likeness (QED) is 0.722. The van der Waals surface area contributed by atoms with Crippen molar-refractivity contribution in [2.75, 3.05) is 19.4 Å². The molecule has 0 heterocycles. The zero-order valence-corrected chi connectivity index (χ0v) is 14.8. The molecular weight excluding hydrogens is 332 g/mol. The highest BCUT2D eigenvalue weighted by Crippen LogP contribution is 2.13. The lowest BCUT2D eigenvalue weighted by Crippen LogP contribution is -2.42. The normalized spacial score (nSPS) is 11.7. The molecule has 0 bridgehead atoms. The van der Waals surface area contributed by atoms with Gasteiger partial charge in [0.15, 0.2) is 6.61 Å². The average molecular weight is 354 g/mol. The van der Waals surface area contributed by atoms with E-state index in [1.807, 2.05) is 13.8 Å². The van der Waals surface area contributed by atoms with Gasteiger partial charge in [-0.25, -0.2) is 9.59 Å². The fraction of sp³-hybridized carbons (Fsp3) is 0.438. The SMILES string of the molecule is CC(C)CCNC(=O)NC(=O)COC(=O)c1ccccc1[S@@](C)=O. The Morgan fingerprint density at radius 3 is 2.50 bits per heavy atom. The number of rotatable bonds is 7. The monoisotopic (exact) mass is 354 g/mol. The predicted molar refractivity (Wildman–Crippen MR) is 90.1 cm³/mol. The van der Waals surface area contributed by atoms with E-state index < -0.39 is 35.3 Å². The Balaban J connectivity index is 2.46. The Labute approximate surface area is 143 Å². The maximum atomic E-state index is 12.0. The second-order valence-electron chi connectivity index (χ2n) is 5.51. The minimum Gasteiger partial charge on any atom is -0.452 e. The van der Waals surface area contributed by atoms with Gasteiger partial charge in [0.2, 0.25) is 0 Å². The Hall–Kier alpha value is -2.22. The lowest BCUT2D eigenvalue weighted by molar-refractivity contribution is -0.123. The van der Waals surface area contributed by atoms with Crippen molar-refractivity contribution in [3.8, 4) is 0 Å². The molecular formula is C16H22N2O5S. The minimum atomic E-state index is -1.36. The van der Waals surface area contributed by atoms with Crippen molar-refractivity contribution in [1.82, 2.24) is 10.6 Å². The molecule has 0 aliphatic rings. The Kier molecular flexibility index (Phi) is 8.11. The minimum absolute atomic E-state index is 0.132. The number of hydrogen-bond acceptors (Lipinski definition) is 5. The van der Waals surface area contributed by atoms with Crippen LogP contribution in [-0.4, -0.2) is 41.5 Å². The molecule has 0 radical (unpaired) electrons. The Bertz CT molecular complexity index is 631. The van der Waals surface area contributed by atoms with Crippen LogP contribution < -0.4 is 10.6 Å². The van der Waals surface area contributed by atoms with Crippen LogP contribution in [0.2, 0.25) is 0 Å². The summed E-state index contributed by atoms with van der Waals surface area (Å²) < 4.78 is 16.4. The van der Waals surface area contributed by atoms with Crippen LogP contribution >= 0.6 is 0 Å². The third-order valence-electron chi connectivity index (χ3n) is 3.01. The van der Waals surface area contributed by atoms with Gasteiger partial charge in [-0.1, -0.05) is 26.0 Å². The highest BCUT2D eigenvalue weighted by atomic mass is 32.2. The summed E-state index contributed by atoms with van der Waals surface area (Å²) >= 11 is 0. The van der Waals surface area contributed by atoms with E-state index in [0.717, 1.165) is 6.42 Å². The lowest BCUT2D eigenvalue weighted by Gasteiger charge is -2.09. The van der Waals surface area contributed by atoms with Gasteiger partial charge in [0.25, 0.3) is 5.91 Å². The van der Waals surface area contributed by atoms with Gasteiger partial charge in [-0.05, 0) is 24.5 Å². The van der Waals surface area contributed by atoms with Crippen molar-refractivity contribution in [2.24, 2.45) is 5.92 Å². The van der Waals surface area contributed by atoms with Gasteiger partial charge in [-0.2, -0.15) is 0 Å². The second-order valence-corrected chi connectivity index (χ2v) is 6.86. The fourth-order valence-electron chi connectivity index (χ4n) is 1.78. The van der Waals surface area contributed by atoms with Gasteiger partial charge in [0.05, 0.1) is 21.3 Å². The van der Waals surface area contributed by atoms with Crippen molar-refractivity contribution in [1.29, 1.82) is 0 Å². The molecule has 7 nitrogen and oxygen atoms in total. The Morgan fingerprint density at radius 2 is 1.88 bits per heavy atom. The molecule has 8 heteroatoms. The van der Waals surface area contributed by atoms with Crippen LogP contribution in [-0.2, 0) is 20.3 Å². The summed E-state index contributed by atoms with van der Waals surface area (Å²) in [6.07, 6.45) is 2.24. The number of benzene rings is 1. The van der Waals surface area contributed by atoms with Crippen LogP contribution in [0.15, 0.2) is 29.2 Å². The van der Waals surface area contributed by atoms with Crippen molar-refractivity contribution in [3.05, 3.63) is 29.8 Å². The molecule has 0 spiro atoms. The molecule has 3 amide bonds. The van der Waals surface area contributed by atoms with E-state index in [9.17, 15) is 18.6 Å². The summed E-state index contributed by atoms with van der Waals surface area (Å²) in [6.45, 7) is 3.89. The molecule has 2 N–H and O–H groups in total. The van der Waals surface area contributed by atoms with Crippen LogP contribution in [0, 0.1) is 5.92 Å². The molecule has 0 unspecified atom stereocenters. The van der Waals surface area contributed by atoms with E-state index in [1.54, 1.807) is 18.2 Å². The second kappa shape index (κ2) is 9.82. The molecule has 0 saturated heterocycles. The van der Waals surface area contributed by atoms with Gasteiger partial charge < -0.3 is 10.1 Å². The van der Waals surface area contributed by atoms with Crippen molar-refractivity contribution in [3.63, 3.8) is 0 Å². The maximum Gasteiger partial charge on any atom is 0.339 e. The van der Waals surface area contributed by atoms with E-state index in [2.05, 4.69) is 10.6 Å². The molecule has 1 aromatic rings. The molecule has 1 rings (SSSR count). The molecule has 0 aromatic heterocycles. The third-order valence-corrected chi connectivity index (χ3v) is 3.99. The van der Waals surface area contributed by atoms with Crippen molar-refractivity contribution >= 4 is 28.7 Å². The number of ether oxygens (including phenoxy) is 1. The summed E-state index contributed by atoms with van der Waals surface area (Å²) in [4.78, 5) is 35.4. The highest BCUT2D eigenvalue weighted by Gasteiger charge is 2.16. The summed E-state index contributed by atoms with van der Waals surface area (Å²) in [7, 11) is -1.36. The number of urea groups is 1. The first-order chi connectivity index (χ1) is 11.3. The van der Waals surface area contributed by atoms with Gasteiger partial charge in [-0.3, -0.25) is 14.3 Å². The number of amides is 3. The van der Waals surface area contributed by atoms with Crippen LogP contribution in [0.4, 0.5) is 4.79 Å². The molecule has 0 aliphatic carbocycles. The molecule has 24 heavy (non-hydrogen) atoms. The first-order valence-corrected chi connectivity index (χ1v) is 9.04. The standard InChI is InChI=1S/C16H22N2O5S/c1-11(2)8-9-17-16(21)18-14(19)10-23-15(20)12-6-4-5-7-13(12)24(3)22/h4-7,11H,8-10H2,1-3H3,(H2,17,18,19,21)/t24-/m1/s1. The van der Waals surface area contributed by atoms with Gasteiger partial charge in [0.1, 0.15) is 0 Å². The number of imide groups is 1. The summed E-state index contributed by atoms with van der Waals surface area (Å²) in [5.74, 6) is -1.07. The molecule has 132 valence electrons. The molecule has 0 fully saturated rings. The largest absolute Gasteiger partial charge is 0.452 e. The van der Waals surface area contributed by atoms with E-state index in [-0.39, 0.29) is 5.56 Å². The molecule has 0 saturated carbocycles. The lowest BCUT2D eigenvalue weighted by atomic mass is 10.1. The molecule has 1 atom stereocenters. The average Bonchev–Trinajstić information content (AvgIpc) is 2.52. The number of carbonyl (C=O) groups is 3. The molecule has 1 aromatic carbocycles. The smallest absolute Gasteiger partial charge is 0.339 e. The summed E-state index contributed by atoms with van der Waals surface area (Å²) in [5, 5.41) is 4.61. The van der Waals surface area contributed by atoms with Crippen LogP contribution in [0.1, 0.15) is 30.6 Å². The number of nitrogens with one attached hydrogen (secondary N) is 2. The van der Waals surface area contributed by atoms with E-state index in [1.165, 1.54) is 12.3 Å². The summed E-state index contributed by atoms with van der Waals surface area (Å²) in [5.41, 5.74) is 0.132. The first-order valence-electron chi connectivity index (χ1n) is 7.48. The van der Waals surface area contributed by atoms with Gasteiger partial charge in [0, 0.05) is 12.8 Å². The highest BCUT2D eigenvalue weighted by molar-refractivity contribution is 7.84. The molecule has 0 aliphatic heterocycles. The van der Waals surface area contributed by atoms with Crippen LogP contribution in [0.5, 0.6) is 0 Å². The number of hydrogen-bond donors (Lipinski definition) is 2. The zero-order chi connectivity index (χ0) is 18.1. The van der Waals surface area contributed by atoms with Crippen molar-refractivity contribution < 1.29 is 23.3 Å². The maximum absolute atomic E-state index is 12.0. The third kappa shape index (κ3) is 6.91. The first kappa shape index (κ1) is 19.8. The summed E-state index contributed by atoms with van der Waals surface area (Å²) in [6, 6.07) is 5.65. The van der Waals surface area contributed by atoms with E-state index >= 15 is 0 Å². The van der Waals surface area contributed by atoms with E-state index in [4.69, 9.17) is 4.74 Å². The topological polar surface area (TPSA) is 102 Å². The van der Waals surface area contributed by atoms with E-state index in [0.29, 0.717) is 17.4 Å². The van der Waals surface area contributed by atoms with Gasteiger partial charge >= 0.3 is 12.0 Å². The van der Waals surface area contributed by atoms with Crippen LogP contribution in [0.3, 0.4) is 0 Å². The number of carbonyl (C=O) groups excluding carboxylic acids is 3. The van der Waals surface area contributed by atoms with Crippen molar-refractivity contribution in [2.45, 2.75) is 25.2 Å². The zero-order valence-electron chi connectivity index (χ0n) is 14.0.